The molecule has 3 nitrogen and oxygen atoms in total. The van der Waals surface area contributed by atoms with E-state index in [1.165, 1.54) is 21.1 Å². The van der Waals surface area contributed by atoms with Gasteiger partial charge < -0.3 is 9.47 Å². The number of ether oxygens (including phenoxy) is 2. The maximum absolute atomic E-state index is 14.0. The van der Waals surface area contributed by atoms with Crippen LogP contribution in [0.3, 0.4) is 0 Å². The highest BCUT2D eigenvalue weighted by Gasteiger charge is 2.19. The van der Waals surface area contributed by atoms with Gasteiger partial charge in [0.25, 0.3) is 0 Å². The molecule has 0 bridgehead atoms. The first-order valence-corrected chi connectivity index (χ1v) is 5.38. The number of methoxy groups -OCH3 is 2. The van der Waals surface area contributed by atoms with Crippen LogP contribution in [0.2, 0.25) is 0 Å². The average molecular weight is 291 g/mol. The molecule has 0 aromatic heterocycles. The fourth-order valence-electron chi connectivity index (χ4n) is 1.37. The van der Waals surface area contributed by atoms with Crippen molar-refractivity contribution < 1.29 is 18.7 Å². The molecule has 0 aliphatic rings. The second-order valence-electron chi connectivity index (χ2n) is 3.27. The fourth-order valence-corrected chi connectivity index (χ4v) is 1.89. The summed E-state index contributed by atoms with van der Waals surface area (Å²) >= 11 is 3.20. The van der Waals surface area contributed by atoms with E-state index < -0.39 is 5.82 Å². The lowest BCUT2D eigenvalue weighted by Gasteiger charge is -2.12. The van der Waals surface area contributed by atoms with Gasteiger partial charge in [-0.05, 0) is 13.0 Å². The summed E-state index contributed by atoms with van der Waals surface area (Å²) < 4.78 is 24.3. The summed E-state index contributed by atoms with van der Waals surface area (Å²) in [5, 5.41) is 0. The molecule has 0 fully saturated rings. The highest BCUT2D eigenvalue weighted by atomic mass is 79.9. The van der Waals surface area contributed by atoms with Gasteiger partial charge in [0.1, 0.15) is 5.78 Å². The Balaban J connectivity index is 3.34. The largest absolute Gasteiger partial charge is 0.493 e. The monoisotopic (exact) mass is 290 g/mol. The first-order valence-electron chi connectivity index (χ1n) is 4.59. The molecule has 0 atom stereocenters. The average Bonchev–Trinajstić information content (AvgIpc) is 2.23. The minimum Gasteiger partial charge on any atom is -0.493 e. The molecular formula is C11H12BrFO3. The van der Waals surface area contributed by atoms with Crippen molar-refractivity contribution >= 4 is 21.7 Å². The molecule has 0 heterocycles. The van der Waals surface area contributed by atoms with Gasteiger partial charge in [0, 0.05) is 16.5 Å². The zero-order valence-corrected chi connectivity index (χ0v) is 10.9. The van der Waals surface area contributed by atoms with Gasteiger partial charge >= 0.3 is 0 Å². The van der Waals surface area contributed by atoms with Gasteiger partial charge in [-0.1, -0.05) is 15.9 Å². The molecule has 1 aromatic carbocycles. The van der Waals surface area contributed by atoms with E-state index in [2.05, 4.69) is 15.9 Å². The molecule has 5 heteroatoms. The first kappa shape index (κ1) is 13.0. The number of benzene rings is 1. The number of rotatable bonds is 4. The summed E-state index contributed by atoms with van der Waals surface area (Å²) in [6.45, 7) is 1.41. The van der Waals surface area contributed by atoms with Crippen molar-refractivity contribution in [3.63, 3.8) is 0 Å². The molecule has 0 amide bonds. The zero-order valence-electron chi connectivity index (χ0n) is 9.27. The van der Waals surface area contributed by atoms with Crippen molar-refractivity contribution in [2.45, 2.75) is 13.3 Å². The van der Waals surface area contributed by atoms with Gasteiger partial charge in [0.2, 0.25) is 0 Å². The number of hydrogen-bond donors (Lipinski definition) is 0. The predicted octanol–water partition coefficient (Wildman–Crippen LogP) is 2.74. The fraction of sp³-hybridized carbons (Fsp3) is 0.364. The van der Waals surface area contributed by atoms with E-state index >= 15 is 0 Å². The number of carbonyl (C=O) groups excluding carboxylic acids is 1. The van der Waals surface area contributed by atoms with Crippen LogP contribution in [0.25, 0.3) is 0 Å². The van der Waals surface area contributed by atoms with Crippen LogP contribution in [-0.4, -0.2) is 20.0 Å². The SMILES string of the molecule is COc1cc(Br)c(CC(C)=O)c(F)c1OC. The highest BCUT2D eigenvalue weighted by Crippen LogP contribution is 2.37. The van der Waals surface area contributed by atoms with Crippen molar-refractivity contribution in [3.05, 3.63) is 21.9 Å². The topological polar surface area (TPSA) is 35.5 Å². The Morgan fingerprint density at radius 1 is 1.44 bits per heavy atom. The number of halogens is 2. The lowest BCUT2D eigenvalue weighted by molar-refractivity contribution is -0.116. The van der Waals surface area contributed by atoms with Crippen LogP contribution >= 0.6 is 15.9 Å². The third kappa shape index (κ3) is 2.52. The van der Waals surface area contributed by atoms with Crippen LogP contribution in [0.5, 0.6) is 11.5 Å². The van der Waals surface area contributed by atoms with Crippen LogP contribution < -0.4 is 9.47 Å². The maximum Gasteiger partial charge on any atom is 0.197 e. The molecular weight excluding hydrogens is 279 g/mol. The summed E-state index contributed by atoms with van der Waals surface area (Å²) in [6.07, 6.45) is 0.0206. The Morgan fingerprint density at radius 2 is 2.06 bits per heavy atom. The van der Waals surface area contributed by atoms with E-state index in [9.17, 15) is 9.18 Å². The minimum absolute atomic E-state index is 0.0157. The standard InChI is InChI=1S/C11H12BrFO3/c1-6(14)4-7-8(12)5-9(15-2)11(16-3)10(7)13/h5H,4H2,1-3H3. The van der Waals surface area contributed by atoms with E-state index in [0.29, 0.717) is 10.2 Å². The van der Waals surface area contributed by atoms with Crippen LogP contribution in [0.4, 0.5) is 4.39 Å². The Kier molecular flexibility index (Phi) is 4.29. The van der Waals surface area contributed by atoms with Crippen molar-refractivity contribution in [3.8, 4) is 11.5 Å². The normalized spacial score (nSPS) is 10.1. The summed E-state index contributed by atoms with van der Waals surface area (Å²) in [5.41, 5.74) is 0.283. The molecule has 0 aliphatic heterocycles. The molecule has 0 N–H and O–H groups in total. The van der Waals surface area contributed by atoms with Crippen molar-refractivity contribution in [1.82, 2.24) is 0 Å². The number of hydrogen-bond acceptors (Lipinski definition) is 3. The summed E-state index contributed by atoms with van der Waals surface area (Å²) in [5.74, 6) is -0.378. The van der Waals surface area contributed by atoms with Gasteiger partial charge in [-0.15, -0.1) is 0 Å². The van der Waals surface area contributed by atoms with Crippen LogP contribution in [0.1, 0.15) is 12.5 Å². The van der Waals surface area contributed by atoms with E-state index in [1.54, 1.807) is 6.07 Å². The van der Waals surface area contributed by atoms with E-state index in [4.69, 9.17) is 9.47 Å². The molecule has 16 heavy (non-hydrogen) atoms. The summed E-state index contributed by atoms with van der Waals surface area (Å²) in [4.78, 5) is 11.0. The van der Waals surface area contributed by atoms with E-state index in [-0.39, 0.29) is 23.5 Å². The van der Waals surface area contributed by atoms with E-state index in [0.717, 1.165) is 0 Å². The quantitative estimate of drug-likeness (QED) is 0.855. The molecule has 0 radical (unpaired) electrons. The Hall–Kier alpha value is -1.10. The third-order valence-electron chi connectivity index (χ3n) is 2.08. The zero-order chi connectivity index (χ0) is 12.3. The van der Waals surface area contributed by atoms with Crippen LogP contribution in [0, 0.1) is 5.82 Å². The molecule has 0 saturated carbocycles. The van der Waals surface area contributed by atoms with Gasteiger partial charge in [0.15, 0.2) is 17.3 Å². The molecule has 1 aromatic rings. The molecule has 88 valence electrons. The van der Waals surface area contributed by atoms with Crippen LogP contribution in [0.15, 0.2) is 10.5 Å². The summed E-state index contributed by atoms with van der Waals surface area (Å²) in [7, 11) is 2.78. The Bertz CT molecular complexity index is 418. The lowest BCUT2D eigenvalue weighted by atomic mass is 10.1. The highest BCUT2D eigenvalue weighted by molar-refractivity contribution is 9.10. The third-order valence-corrected chi connectivity index (χ3v) is 2.79. The second kappa shape index (κ2) is 5.30. The predicted molar refractivity (Wildman–Crippen MR) is 61.6 cm³/mol. The number of ketones is 1. The molecule has 1 rings (SSSR count). The molecule has 0 spiro atoms. The maximum atomic E-state index is 14.0. The molecule has 0 saturated heterocycles. The minimum atomic E-state index is -0.566. The smallest absolute Gasteiger partial charge is 0.197 e. The Labute approximate surface area is 102 Å². The van der Waals surface area contributed by atoms with Gasteiger partial charge in [-0.3, -0.25) is 4.79 Å². The number of Topliss-reactive ketones (excluding diaryl/α,β-unsaturated/α-hetero) is 1. The summed E-state index contributed by atoms with van der Waals surface area (Å²) in [6, 6.07) is 1.58. The first-order chi connectivity index (χ1) is 7.51. The van der Waals surface area contributed by atoms with Gasteiger partial charge in [0.05, 0.1) is 14.2 Å². The van der Waals surface area contributed by atoms with Crippen LogP contribution in [-0.2, 0) is 11.2 Å². The van der Waals surface area contributed by atoms with Gasteiger partial charge in [-0.25, -0.2) is 4.39 Å². The second-order valence-corrected chi connectivity index (χ2v) is 4.12. The van der Waals surface area contributed by atoms with Crippen molar-refractivity contribution in [2.75, 3.05) is 14.2 Å². The Morgan fingerprint density at radius 3 is 2.50 bits per heavy atom. The van der Waals surface area contributed by atoms with Gasteiger partial charge in [-0.2, -0.15) is 0 Å². The molecule has 0 unspecified atom stereocenters. The van der Waals surface area contributed by atoms with Crippen molar-refractivity contribution in [1.29, 1.82) is 0 Å². The van der Waals surface area contributed by atoms with Crippen molar-refractivity contribution in [2.24, 2.45) is 0 Å². The molecule has 0 aliphatic carbocycles. The lowest BCUT2D eigenvalue weighted by Crippen LogP contribution is -2.04. The van der Waals surface area contributed by atoms with E-state index in [1.807, 2.05) is 0 Å². The number of carbonyl (C=O) groups is 1.